The maximum Gasteiger partial charge on any atom is 0.418 e. The van der Waals surface area contributed by atoms with Crippen LogP contribution in [0.15, 0.2) is 24.8 Å². The van der Waals surface area contributed by atoms with E-state index >= 15 is 4.39 Å². The highest BCUT2D eigenvalue weighted by atomic mass is 19.4. The fourth-order valence-electron chi connectivity index (χ4n) is 5.46. The Morgan fingerprint density at radius 3 is 2.68 bits per heavy atom. The number of fused-ring (bicyclic) bond motifs is 4. The third kappa shape index (κ3) is 3.86. The van der Waals surface area contributed by atoms with Gasteiger partial charge in [-0.2, -0.15) is 13.2 Å². The molecule has 0 spiro atoms. The Morgan fingerprint density at radius 1 is 1.24 bits per heavy atom. The van der Waals surface area contributed by atoms with Gasteiger partial charge in [-0.15, -0.1) is 0 Å². The van der Waals surface area contributed by atoms with Gasteiger partial charge in [-0.3, -0.25) is 4.79 Å². The van der Waals surface area contributed by atoms with E-state index in [9.17, 15) is 18.0 Å². The van der Waals surface area contributed by atoms with Crippen LogP contribution < -0.4 is 5.32 Å². The second-order valence-electron chi connectivity index (χ2n) is 8.82. The van der Waals surface area contributed by atoms with Crippen molar-refractivity contribution in [2.75, 3.05) is 11.9 Å². The zero-order valence-corrected chi connectivity index (χ0v) is 18.3. The van der Waals surface area contributed by atoms with Gasteiger partial charge in [0, 0.05) is 29.4 Å². The standard InChI is InChI=1S/C23H23F4N5O2/c1-2-34-22(33)17-11-3-5-12(6-4-11)18(17)31-21-16(24)7-15(23(25,26)27)19(32-21)13-9-29-20-14(13)8-28-10-30-20/h7-12,17-18H,2-6H2,1H3,(H,31,32)(H,28,29,30)/t11?,12?,17-,18?/m0/s1. The Kier molecular flexibility index (Phi) is 5.65. The summed E-state index contributed by atoms with van der Waals surface area (Å²) in [5.74, 6) is -2.15. The Labute approximate surface area is 192 Å². The van der Waals surface area contributed by atoms with Crippen molar-refractivity contribution >= 4 is 22.8 Å². The van der Waals surface area contributed by atoms with Crippen LogP contribution in [0.25, 0.3) is 22.3 Å². The number of hydrogen-bond donors (Lipinski definition) is 2. The number of nitrogens with zero attached hydrogens (tertiary/aromatic N) is 3. The van der Waals surface area contributed by atoms with Crippen molar-refractivity contribution < 1.29 is 27.1 Å². The van der Waals surface area contributed by atoms with E-state index in [-0.39, 0.29) is 35.8 Å². The summed E-state index contributed by atoms with van der Waals surface area (Å²) in [6.07, 6.45) is 2.61. The van der Waals surface area contributed by atoms with Gasteiger partial charge >= 0.3 is 12.1 Å². The lowest BCUT2D eigenvalue weighted by Crippen LogP contribution is -2.52. The number of hydrogen-bond acceptors (Lipinski definition) is 6. The number of carbonyl (C=O) groups excluding carboxylic acids is 1. The molecule has 11 heteroatoms. The largest absolute Gasteiger partial charge is 0.466 e. The van der Waals surface area contributed by atoms with E-state index in [1.807, 2.05) is 0 Å². The molecule has 3 aliphatic rings. The molecule has 2 atom stereocenters. The molecule has 0 radical (unpaired) electrons. The number of pyridine rings is 1. The summed E-state index contributed by atoms with van der Waals surface area (Å²) < 4.78 is 61.9. The molecule has 0 aliphatic heterocycles. The first-order chi connectivity index (χ1) is 16.3. The number of aromatic amines is 1. The summed E-state index contributed by atoms with van der Waals surface area (Å²) in [4.78, 5) is 27.5. The first-order valence-electron chi connectivity index (χ1n) is 11.3. The molecule has 2 N–H and O–H groups in total. The molecule has 7 nitrogen and oxygen atoms in total. The first kappa shape index (κ1) is 22.5. The zero-order valence-electron chi connectivity index (χ0n) is 18.3. The highest BCUT2D eigenvalue weighted by molar-refractivity contribution is 5.93. The van der Waals surface area contributed by atoms with Crippen molar-refractivity contribution in [1.82, 2.24) is 19.9 Å². The molecule has 0 amide bonds. The van der Waals surface area contributed by atoms with Crippen LogP contribution >= 0.6 is 0 Å². The Hall–Kier alpha value is -3.24. The Bertz CT molecular complexity index is 1220. The van der Waals surface area contributed by atoms with Gasteiger partial charge < -0.3 is 15.0 Å². The van der Waals surface area contributed by atoms with Gasteiger partial charge in [0.1, 0.15) is 12.0 Å². The summed E-state index contributed by atoms with van der Waals surface area (Å²) in [5, 5.41) is 3.34. The third-order valence-electron chi connectivity index (χ3n) is 6.97. The molecule has 2 bridgehead atoms. The first-order valence-corrected chi connectivity index (χ1v) is 11.3. The topological polar surface area (TPSA) is 92.8 Å². The van der Waals surface area contributed by atoms with Gasteiger partial charge in [0.05, 0.1) is 23.8 Å². The third-order valence-corrected chi connectivity index (χ3v) is 6.97. The number of rotatable bonds is 5. The highest BCUT2D eigenvalue weighted by Crippen LogP contribution is 2.47. The smallest absolute Gasteiger partial charge is 0.418 e. The van der Waals surface area contributed by atoms with Crippen LogP contribution in [0.5, 0.6) is 0 Å². The molecule has 6 rings (SSSR count). The number of H-pyrrole nitrogens is 1. The molecule has 3 aromatic rings. The Morgan fingerprint density at radius 2 is 1.97 bits per heavy atom. The average molecular weight is 477 g/mol. The fraction of sp³-hybridized carbons (Fsp3) is 0.478. The monoisotopic (exact) mass is 477 g/mol. The zero-order chi connectivity index (χ0) is 24.0. The lowest BCUT2D eigenvalue weighted by molar-refractivity contribution is -0.154. The van der Waals surface area contributed by atoms with Gasteiger partial charge in [-0.25, -0.2) is 19.3 Å². The van der Waals surface area contributed by atoms with E-state index in [2.05, 4.69) is 25.3 Å². The van der Waals surface area contributed by atoms with Crippen LogP contribution in [0.2, 0.25) is 0 Å². The molecule has 1 unspecified atom stereocenters. The average Bonchev–Trinajstić information content (AvgIpc) is 3.24. The molecule has 3 aliphatic carbocycles. The summed E-state index contributed by atoms with van der Waals surface area (Å²) in [7, 11) is 0. The maximum atomic E-state index is 15.0. The second-order valence-corrected chi connectivity index (χ2v) is 8.82. The molecule has 3 saturated carbocycles. The fourth-order valence-corrected chi connectivity index (χ4v) is 5.46. The van der Waals surface area contributed by atoms with Crippen molar-refractivity contribution in [2.45, 2.75) is 44.8 Å². The lowest BCUT2D eigenvalue weighted by Gasteiger charge is -2.47. The predicted molar refractivity (Wildman–Crippen MR) is 115 cm³/mol. The van der Waals surface area contributed by atoms with Gasteiger partial charge in [-0.1, -0.05) is 0 Å². The van der Waals surface area contributed by atoms with Crippen molar-refractivity contribution in [3.05, 3.63) is 36.2 Å². The molecule has 180 valence electrons. The van der Waals surface area contributed by atoms with Crippen LogP contribution in [0, 0.1) is 23.6 Å². The van der Waals surface area contributed by atoms with Crippen LogP contribution in [-0.2, 0) is 15.7 Å². The molecule has 3 aromatic heterocycles. The van der Waals surface area contributed by atoms with Gasteiger partial charge in [0.2, 0.25) is 0 Å². The van der Waals surface area contributed by atoms with E-state index in [0.29, 0.717) is 17.1 Å². The van der Waals surface area contributed by atoms with Gasteiger partial charge in [-0.05, 0) is 50.5 Å². The molecular weight excluding hydrogens is 454 g/mol. The minimum Gasteiger partial charge on any atom is -0.466 e. The van der Waals surface area contributed by atoms with Crippen LogP contribution in [0.1, 0.15) is 38.2 Å². The SMILES string of the molecule is CCOC(=O)[C@H]1C2CCC(CC2)C1Nc1nc(-c2c[nH]c3ncncc23)c(C(F)(F)F)cc1F. The summed E-state index contributed by atoms with van der Waals surface area (Å²) in [6, 6.07) is -0.0160. The molecular formula is C23H23F4N5O2. The van der Waals surface area contributed by atoms with E-state index in [0.717, 1.165) is 25.7 Å². The Balaban J connectivity index is 1.58. The van der Waals surface area contributed by atoms with E-state index < -0.39 is 35.2 Å². The summed E-state index contributed by atoms with van der Waals surface area (Å²) >= 11 is 0. The summed E-state index contributed by atoms with van der Waals surface area (Å²) in [6.45, 7) is 1.94. The quantitative estimate of drug-likeness (QED) is 0.399. The van der Waals surface area contributed by atoms with Crippen molar-refractivity contribution in [2.24, 2.45) is 17.8 Å². The minimum atomic E-state index is -4.84. The van der Waals surface area contributed by atoms with Crippen LogP contribution in [0.4, 0.5) is 23.4 Å². The molecule has 0 saturated heterocycles. The van der Waals surface area contributed by atoms with E-state index in [1.54, 1.807) is 6.92 Å². The van der Waals surface area contributed by atoms with E-state index in [4.69, 9.17) is 4.74 Å². The highest BCUT2D eigenvalue weighted by Gasteiger charge is 2.48. The minimum absolute atomic E-state index is 0.0767. The number of carbonyl (C=O) groups is 1. The number of ether oxygens (including phenoxy) is 1. The molecule has 34 heavy (non-hydrogen) atoms. The van der Waals surface area contributed by atoms with E-state index in [1.165, 1.54) is 18.7 Å². The van der Waals surface area contributed by atoms with Crippen molar-refractivity contribution in [3.63, 3.8) is 0 Å². The van der Waals surface area contributed by atoms with Gasteiger partial charge in [0.15, 0.2) is 11.6 Å². The predicted octanol–water partition coefficient (Wildman–Crippen LogP) is 4.96. The lowest BCUT2D eigenvalue weighted by atomic mass is 9.61. The maximum absolute atomic E-state index is 15.0. The number of anilines is 1. The second kappa shape index (κ2) is 8.52. The van der Waals surface area contributed by atoms with Crippen molar-refractivity contribution in [3.8, 4) is 11.3 Å². The van der Waals surface area contributed by atoms with Crippen molar-refractivity contribution in [1.29, 1.82) is 0 Å². The van der Waals surface area contributed by atoms with Crippen LogP contribution in [-0.4, -0.2) is 38.6 Å². The number of aromatic nitrogens is 4. The summed E-state index contributed by atoms with van der Waals surface area (Å²) in [5.41, 5.74) is -1.19. The number of nitrogens with one attached hydrogen (secondary N) is 2. The molecule has 3 fully saturated rings. The van der Waals surface area contributed by atoms with Gasteiger partial charge in [0.25, 0.3) is 0 Å². The normalized spacial score (nSPS) is 24.4. The number of halogens is 4. The molecule has 0 aromatic carbocycles. The van der Waals surface area contributed by atoms with Crippen LogP contribution in [0.3, 0.4) is 0 Å². The molecule has 3 heterocycles. The number of alkyl halides is 3. The number of esters is 1.